The number of rotatable bonds is 7. The summed E-state index contributed by atoms with van der Waals surface area (Å²) in [6.07, 6.45) is 2.02. The van der Waals surface area contributed by atoms with Crippen LogP contribution in [0.5, 0.6) is 5.75 Å². The number of nitrogens with zero attached hydrogens (tertiary/aromatic N) is 3. The maximum Gasteiger partial charge on any atom is 0.229 e. The number of halogens is 2. The van der Waals surface area contributed by atoms with Crippen LogP contribution in [-0.4, -0.2) is 54.6 Å². The van der Waals surface area contributed by atoms with Crippen LogP contribution in [0, 0.1) is 0 Å². The third-order valence-electron chi connectivity index (χ3n) is 4.25. The highest BCUT2D eigenvalue weighted by Crippen LogP contribution is 2.37. The van der Waals surface area contributed by atoms with Gasteiger partial charge in [0.05, 0.1) is 37.2 Å². The molecule has 0 spiro atoms. The van der Waals surface area contributed by atoms with Crippen LogP contribution in [0.1, 0.15) is 18.6 Å². The van der Waals surface area contributed by atoms with Gasteiger partial charge in [-0.2, -0.15) is 4.98 Å². The van der Waals surface area contributed by atoms with E-state index in [9.17, 15) is 4.79 Å². The number of hydrogen-bond acceptors (Lipinski definition) is 7. The lowest BCUT2D eigenvalue weighted by molar-refractivity contribution is -0.125. The van der Waals surface area contributed by atoms with Crippen LogP contribution in [0.3, 0.4) is 0 Å². The first kappa shape index (κ1) is 20.4. The van der Waals surface area contributed by atoms with E-state index >= 15 is 0 Å². The number of hydrogen-bond donors (Lipinski definition) is 2. The number of methoxy groups -OCH3 is 1. The van der Waals surface area contributed by atoms with Crippen LogP contribution in [0.25, 0.3) is 0 Å². The molecule has 150 valence electrons. The highest BCUT2D eigenvalue weighted by Gasteiger charge is 2.25. The van der Waals surface area contributed by atoms with Crippen molar-refractivity contribution in [3.63, 3.8) is 0 Å². The van der Waals surface area contributed by atoms with Crippen LogP contribution in [0.2, 0.25) is 10.0 Å². The summed E-state index contributed by atoms with van der Waals surface area (Å²) in [5.74, 6) is 1.47. The number of anilines is 3. The molecular formula is C18H21Cl2N5O3. The van der Waals surface area contributed by atoms with Crippen LogP contribution in [0.15, 0.2) is 18.3 Å². The molecule has 1 atom stereocenters. The predicted molar refractivity (Wildman–Crippen MR) is 109 cm³/mol. The van der Waals surface area contributed by atoms with E-state index in [1.807, 2.05) is 6.92 Å². The van der Waals surface area contributed by atoms with Gasteiger partial charge in [-0.15, -0.1) is 0 Å². The van der Waals surface area contributed by atoms with E-state index in [4.69, 9.17) is 32.7 Å². The minimum Gasteiger partial charge on any atom is -0.496 e. The van der Waals surface area contributed by atoms with E-state index < -0.39 is 0 Å². The molecule has 1 aromatic carbocycles. The third kappa shape index (κ3) is 4.57. The van der Waals surface area contributed by atoms with Crippen molar-refractivity contribution in [3.8, 4) is 5.75 Å². The number of nitrogens with one attached hydrogen (secondary N) is 2. The highest BCUT2D eigenvalue weighted by molar-refractivity contribution is 6.33. The smallest absolute Gasteiger partial charge is 0.229 e. The zero-order chi connectivity index (χ0) is 20.1. The Kier molecular flexibility index (Phi) is 6.77. The molecule has 28 heavy (non-hydrogen) atoms. The van der Waals surface area contributed by atoms with Crippen molar-refractivity contribution in [2.75, 3.05) is 44.0 Å². The summed E-state index contributed by atoms with van der Waals surface area (Å²) in [6, 6.07) is 3.52. The summed E-state index contributed by atoms with van der Waals surface area (Å²) in [6.45, 7) is 4.09. The molecule has 1 aliphatic rings. The Bertz CT molecular complexity index is 852. The number of aromatic nitrogens is 2. The second-order valence-corrected chi connectivity index (χ2v) is 6.89. The minimum atomic E-state index is -0.312. The van der Waals surface area contributed by atoms with Gasteiger partial charge in [0, 0.05) is 24.7 Å². The molecule has 2 aromatic rings. The summed E-state index contributed by atoms with van der Waals surface area (Å²) >= 11 is 12.6. The van der Waals surface area contributed by atoms with Gasteiger partial charge in [-0.05, 0) is 13.0 Å². The molecule has 2 heterocycles. The van der Waals surface area contributed by atoms with Gasteiger partial charge in [0.2, 0.25) is 12.4 Å². The molecule has 8 nitrogen and oxygen atoms in total. The second-order valence-electron chi connectivity index (χ2n) is 6.08. The van der Waals surface area contributed by atoms with Crippen LogP contribution in [-0.2, 0) is 9.53 Å². The van der Waals surface area contributed by atoms with Crippen molar-refractivity contribution in [3.05, 3.63) is 33.9 Å². The molecule has 0 saturated carbocycles. The molecule has 1 amide bonds. The third-order valence-corrected chi connectivity index (χ3v) is 4.84. The summed E-state index contributed by atoms with van der Waals surface area (Å²) in [4.78, 5) is 21.3. The predicted octanol–water partition coefficient (Wildman–Crippen LogP) is 3.50. The monoisotopic (exact) mass is 425 g/mol. The Morgan fingerprint density at radius 1 is 1.39 bits per heavy atom. The maximum absolute atomic E-state index is 11.1. The molecule has 1 aromatic heterocycles. The van der Waals surface area contributed by atoms with E-state index in [1.165, 1.54) is 6.20 Å². The lowest BCUT2D eigenvalue weighted by atomic mass is 10.1. The fraction of sp³-hybridized carbons (Fsp3) is 0.389. The molecule has 1 saturated heterocycles. The van der Waals surface area contributed by atoms with E-state index in [0.717, 1.165) is 12.0 Å². The number of ether oxygens (including phenoxy) is 2. The van der Waals surface area contributed by atoms with Gasteiger partial charge >= 0.3 is 0 Å². The number of morpholine rings is 1. The Hall–Kier alpha value is -2.29. The molecule has 1 unspecified atom stereocenters. The van der Waals surface area contributed by atoms with Crippen LogP contribution < -0.4 is 15.4 Å². The largest absolute Gasteiger partial charge is 0.496 e. The molecule has 1 fully saturated rings. The zero-order valence-electron chi connectivity index (χ0n) is 15.5. The Labute approximate surface area is 173 Å². The van der Waals surface area contributed by atoms with Gasteiger partial charge in [-0.1, -0.05) is 23.2 Å². The fourth-order valence-corrected chi connectivity index (χ4v) is 3.26. The molecule has 10 heteroatoms. The molecule has 0 aliphatic carbocycles. The van der Waals surface area contributed by atoms with Gasteiger partial charge < -0.3 is 25.0 Å². The molecule has 2 N–H and O–H groups in total. The van der Waals surface area contributed by atoms with Crippen molar-refractivity contribution in [2.24, 2.45) is 0 Å². The molecule has 1 aliphatic heterocycles. The van der Waals surface area contributed by atoms with Gasteiger partial charge in [0.15, 0.2) is 0 Å². The summed E-state index contributed by atoms with van der Waals surface area (Å²) in [7, 11) is 1.57. The van der Waals surface area contributed by atoms with Crippen molar-refractivity contribution in [2.45, 2.75) is 13.0 Å². The second kappa shape index (κ2) is 9.27. The van der Waals surface area contributed by atoms with E-state index in [1.54, 1.807) is 24.1 Å². The average Bonchev–Trinajstić information content (AvgIpc) is 2.71. The summed E-state index contributed by atoms with van der Waals surface area (Å²) in [5, 5.41) is 7.03. The first-order chi connectivity index (χ1) is 13.5. The van der Waals surface area contributed by atoms with Crippen molar-refractivity contribution in [1.29, 1.82) is 0 Å². The average molecular weight is 426 g/mol. The Balaban J connectivity index is 1.87. The van der Waals surface area contributed by atoms with E-state index in [-0.39, 0.29) is 6.10 Å². The molecular weight excluding hydrogens is 405 g/mol. The van der Waals surface area contributed by atoms with E-state index in [2.05, 4.69) is 20.6 Å². The Morgan fingerprint density at radius 3 is 2.93 bits per heavy atom. The van der Waals surface area contributed by atoms with Gasteiger partial charge in [0.25, 0.3) is 0 Å². The first-order valence-corrected chi connectivity index (χ1v) is 9.53. The lowest BCUT2D eigenvalue weighted by Crippen LogP contribution is -2.37. The van der Waals surface area contributed by atoms with Crippen LogP contribution >= 0.6 is 23.2 Å². The van der Waals surface area contributed by atoms with Crippen molar-refractivity contribution in [1.82, 2.24) is 14.9 Å². The summed E-state index contributed by atoms with van der Waals surface area (Å²) in [5.41, 5.74) is 1.35. The van der Waals surface area contributed by atoms with Gasteiger partial charge in [0.1, 0.15) is 22.7 Å². The highest BCUT2D eigenvalue weighted by atomic mass is 35.5. The number of benzene rings is 1. The van der Waals surface area contributed by atoms with Crippen molar-refractivity contribution < 1.29 is 14.3 Å². The maximum atomic E-state index is 11.1. The topological polar surface area (TPSA) is 88.6 Å². The number of amides is 1. The van der Waals surface area contributed by atoms with Crippen LogP contribution in [0.4, 0.5) is 17.5 Å². The molecule has 0 bridgehead atoms. The van der Waals surface area contributed by atoms with Crippen molar-refractivity contribution >= 4 is 47.1 Å². The molecule has 3 rings (SSSR count). The lowest BCUT2D eigenvalue weighted by Gasteiger charge is -2.31. The van der Waals surface area contributed by atoms with Gasteiger partial charge in [-0.3, -0.25) is 4.79 Å². The molecule has 0 radical (unpaired) electrons. The van der Waals surface area contributed by atoms with E-state index in [0.29, 0.717) is 59.5 Å². The summed E-state index contributed by atoms with van der Waals surface area (Å²) < 4.78 is 11.3. The normalized spacial score (nSPS) is 16.6. The SMILES string of the molecule is CCNc1nc(Nc2cc(OC)c(C3CN(C=O)CCO3)cc2Cl)ncc1Cl. The van der Waals surface area contributed by atoms with Gasteiger partial charge in [-0.25, -0.2) is 4.98 Å². The first-order valence-electron chi connectivity index (χ1n) is 8.77. The number of carbonyl (C=O) groups excluding carboxylic acids is 1. The minimum absolute atomic E-state index is 0.312. The number of carbonyl (C=O) groups is 1. The quantitative estimate of drug-likeness (QED) is 0.656. The zero-order valence-corrected chi connectivity index (χ0v) is 17.0. The fourth-order valence-electron chi connectivity index (χ4n) is 2.89. The Morgan fingerprint density at radius 2 is 2.21 bits per heavy atom. The standard InChI is InChI=1S/C18H21Cl2N5O3/c1-3-21-17-13(20)8-22-18(24-17)23-14-7-15(27-2)11(6-12(14)19)16-9-25(10-26)4-5-28-16/h6-8,10,16H,3-5,9H2,1-2H3,(H2,21,22,23,24).